The largest absolute Gasteiger partial charge is 0.376 e. The van der Waals surface area contributed by atoms with Crippen LogP contribution in [0, 0.1) is 5.92 Å². The van der Waals surface area contributed by atoms with Crippen LogP contribution in [-0.2, 0) is 18.4 Å². The molecule has 1 aromatic carbocycles. The third-order valence-electron chi connectivity index (χ3n) is 4.88. The lowest BCUT2D eigenvalue weighted by Gasteiger charge is -2.15. The highest BCUT2D eigenvalue weighted by molar-refractivity contribution is 6.02. The van der Waals surface area contributed by atoms with E-state index in [-0.39, 0.29) is 22.7 Å². The molecular formula is C19H21N5O3. The van der Waals surface area contributed by atoms with E-state index in [9.17, 15) is 9.59 Å². The maximum Gasteiger partial charge on any atom is 0.281 e. The van der Waals surface area contributed by atoms with Crippen LogP contribution < -0.4 is 5.56 Å². The van der Waals surface area contributed by atoms with E-state index >= 15 is 0 Å². The first kappa shape index (κ1) is 17.4. The van der Waals surface area contributed by atoms with Gasteiger partial charge in [-0.05, 0) is 12.0 Å². The van der Waals surface area contributed by atoms with Crippen LogP contribution in [0.3, 0.4) is 0 Å². The van der Waals surface area contributed by atoms with Gasteiger partial charge in [-0.25, -0.2) is 4.98 Å². The van der Waals surface area contributed by atoms with Crippen molar-refractivity contribution >= 4 is 16.9 Å². The second-order valence-electron chi connectivity index (χ2n) is 6.86. The second-order valence-corrected chi connectivity index (χ2v) is 6.86. The number of carbonyl (C=O) groups excluding carboxylic acids is 1. The van der Waals surface area contributed by atoms with E-state index in [0.717, 1.165) is 12.0 Å². The van der Waals surface area contributed by atoms with Crippen LogP contribution in [-0.4, -0.2) is 50.3 Å². The Hall–Kier alpha value is -3.00. The fraction of sp³-hybridized carbons (Fsp3) is 0.368. The number of aromatic nitrogens is 4. The van der Waals surface area contributed by atoms with Crippen molar-refractivity contribution in [3.8, 4) is 0 Å². The number of nitrogens with zero attached hydrogens (tertiary/aromatic N) is 4. The minimum atomic E-state index is -0.274. The Kier molecular flexibility index (Phi) is 4.72. The van der Waals surface area contributed by atoms with Crippen molar-refractivity contribution in [2.24, 2.45) is 13.0 Å². The number of aromatic amines is 1. The predicted molar refractivity (Wildman–Crippen MR) is 99.2 cm³/mol. The minimum Gasteiger partial charge on any atom is -0.376 e. The number of H-pyrrole nitrogens is 1. The maximum atomic E-state index is 12.8. The zero-order chi connectivity index (χ0) is 18.8. The van der Waals surface area contributed by atoms with Crippen LogP contribution in [0.1, 0.15) is 22.5 Å². The van der Waals surface area contributed by atoms with Gasteiger partial charge in [0.1, 0.15) is 11.2 Å². The highest BCUT2D eigenvalue weighted by Crippen LogP contribution is 2.21. The zero-order valence-electron chi connectivity index (χ0n) is 15.1. The standard InChI is InChI=1S/C19H21N5O3/c1-23-12-20-15-16(18(23)25)21-22-17(15)19(26)24-8-7-14(9-24)11-27-10-13-5-3-2-4-6-13/h2-6,12,14H,7-11H2,1H3,(H,21,22). The second kappa shape index (κ2) is 7.32. The number of benzene rings is 1. The Bertz CT molecular complexity index is 1010. The molecule has 1 unspecified atom stereocenters. The van der Waals surface area contributed by atoms with Crippen molar-refractivity contribution < 1.29 is 9.53 Å². The Morgan fingerprint density at radius 3 is 2.93 bits per heavy atom. The van der Waals surface area contributed by atoms with Crippen LogP contribution in [0.25, 0.3) is 11.0 Å². The molecule has 0 spiro atoms. The highest BCUT2D eigenvalue weighted by Gasteiger charge is 2.29. The van der Waals surface area contributed by atoms with Gasteiger partial charge in [0.05, 0.1) is 19.5 Å². The number of fused-ring (bicyclic) bond motifs is 1. The average Bonchev–Trinajstić information content (AvgIpc) is 3.33. The molecule has 3 heterocycles. The molecule has 1 aliphatic heterocycles. The number of rotatable bonds is 5. The van der Waals surface area contributed by atoms with Gasteiger partial charge in [-0.2, -0.15) is 5.10 Å². The maximum absolute atomic E-state index is 12.8. The lowest BCUT2D eigenvalue weighted by atomic mass is 10.1. The third kappa shape index (κ3) is 3.48. The third-order valence-corrected chi connectivity index (χ3v) is 4.88. The first-order valence-corrected chi connectivity index (χ1v) is 8.94. The SMILES string of the molecule is Cn1cnc2c(C(=O)N3CCC(COCc4ccccc4)C3)[nH]nc2c1=O. The molecule has 27 heavy (non-hydrogen) atoms. The van der Waals surface area contributed by atoms with Crippen molar-refractivity contribution in [2.75, 3.05) is 19.7 Å². The molecule has 2 aromatic heterocycles. The fourth-order valence-corrected chi connectivity index (χ4v) is 3.35. The number of hydrogen-bond donors (Lipinski definition) is 1. The summed E-state index contributed by atoms with van der Waals surface area (Å²) in [5.41, 5.74) is 1.65. The Balaban J connectivity index is 1.38. The molecule has 8 heteroatoms. The summed E-state index contributed by atoms with van der Waals surface area (Å²) in [6.45, 7) is 2.47. The molecule has 4 rings (SSSR count). The van der Waals surface area contributed by atoms with Gasteiger partial charge in [0, 0.05) is 26.1 Å². The van der Waals surface area contributed by atoms with Crippen molar-refractivity contribution in [1.82, 2.24) is 24.6 Å². The van der Waals surface area contributed by atoms with Crippen molar-refractivity contribution in [2.45, 2.75) is 13.0 Å². The summed E-state index contributed by atoms with van der Waals surface area (Å²) in [6.07, 6.45) is 2.29. The molecule has 1 fully saturated rings. The van der Waals surface area contributed by atoms with E-state index in [2.05, 4.69) is 15.2 Å². The monoisotopic (exact) mass is 367 g/mol. The van der Waals surface area contributed by atoms with Gasteiger partial charge < -0.3 is 14.2 Å². The quantitative estimate of drug-likeness (QED) is 0.734. The molecule has 8 nitrogen and oxygen atoms in total. The van der Waals surface area contributed by atoms with E-state index in [0.29, 0.717) is 37.7 Å². The lowest BCUT2D eigenvalue weighted by molar-refractivity contribution is 0.0730. The average molecular weight is 367 g/mol. The number of amides is 1. The number of carbonyl (C=O) groups is 1. The fourth-order valence-electron chi connectivity index (χ4n) is 3.35. The molecule has 1 atom stereocenters. The topological polar surface area (TPSA) is 93.1 Å². The van der Waals surface area contributed by atoms with E-state index in [1.54, 1.807) is 11.9 Å². The smallest absolute Gasteiger partial charge is 0.281 e. The number of hydrogen-bond acceptors (Lipinski definition) is 5. The van der Waals surface area contributed by atoms with Gasteiger partial charge in [0.2, 0.25) is 0 Å². The summed E-state index contributed by atoms with van der Waals surface area (Å²) in [5, 5.41) is 6.67. The molecule has 0 aliphatic carbocycles. The molecule has 1 N–H and O–H groups in total. The van der Waals surface area contributed by atoms with Gasteiger partial charge in [0.25, 0.3) is 11.5 Å². The molecule has 1 amide bonds. The van der Waals surface area contributed by atoms with Crippen molar-refractivity contribution in [1.29, 1.82) is 0 Å². The summed E-state index contributed by atoms with van der Waals surface area (Å²) in [6, 6.07) is 10.0. The molecular weight excluding hydrogens is 346 g/mol. The lowest BCUT2D eigenvalue weighted by Crippen LogP contribution is -2.30. The van der Waals surface area contributed by atoms with Crippen molar-refractivity contribution in [3.63, 3.8) is 0 Å². The number of ether oxygens (including phenoxy) is 1. The summed E-state index contributed by atoms with van der Waals surface area (Å²) in [4.78, 5) is 30.9. The number of aryl methyl sites for hydroxylation is 1. The first-order valence-electron chi connectivity index (χ1n) is 8.94. The van der Waals surface area contributed by atoms with Crippen LogP contribution >= 0.6 is 0 Å². The number of nitrogens with one attached hydrogen (secondary N) is 1. The van der Waals surface area contributed by atoms with Gasteiger partial charge in [-0.15, -0.1) is 0 Å². The first-order chi connectivity index (χ1) is 13.1. The Labute approximate surface area is 155 Å². The summed E-state index contributed by atoms with van der Waals surface area (Å²) in [5.74, 6) is 0.122. The van der Waals surface area contributed by atoms with Crippen molar-refractivity contribution in [3.05, 3.63) is 58.3 Å². The van der Waals surface area contributed by atoms with Crippen LogP contribution in [0.5, 0.6) is 0 Å². The zero-order valence-corrected chi connectivity index (χ0v) is 15.1. The van der Waals surface area contributed by atoms with Crippen LogP contribution in [0.2, 0.25) is 0 Å². The van der Waals surface area contributed by atoms with Crippen LogP contribution in [0.15, 0.2) is 41.5 Å². The summed E-state index contributed by atoms with van der Waals surface area (Å²) in [7, 11) is 1.60. The van der Waals surface area contributed by atoms with E-state index < -0.39 is 0 Å². The molecule has 3 aromatic rings. The van der Waals surface area contributed by atoms with Gasteiger partial charge in [0.15, 0.2) is 5.52 Å². The Morgan fingerprint density at radius 1 is 1.30 bits per heavy atom. The predicted octanol–water partition coefficient (Wildman–Crippen LogP) is 1.34. The molecule has 140 valence electrons. The van der Waals surface area contributed by atoms with E-state index in [4.69, 9.17) is 4.74 Å². The Morgan fingerprint density at radius 2 is 2.11 bits per heavy atom. The summed E-state index contributed by atoms with van der Waals surface area (Å²) >= 11 is 0. The van der Waals surface area contributed by atoms with Gasteiger partial charge in [-0.3, -0.25) is 14.7 Å². The normalized spacial score (nSPS) is 16.9. The van der Waals surface area contributed by atoms with E-state index in [1.807, 2.05) is 30.3 Å². The summed E-state index contributed by atoms with van der Waals surface area (Å²) < 4.78 is 7.15. The van der Waals surface area contributed by atoms with Gasteiger partial charge in [-0.1, -0.05) is 30.3 Å². The minimum absolute atomic E-state index is 0.177. The molecule has 1 saturated heterocycles. The highest BCUT2D eigenvalue weighted by atomic mass is 16.5. The van der Waals surface area contributed by atoms with E-state index in [1.165, 1.54) is 10.9 Å². The molecule has 0 bridgehead atoms. The van der Waals surface area contributed by atoms with Gasteiger partial charge >= 0.3 is 0 Å². The molecule has 0 saturated carbocycles. The molecule has 1 aliphatic rings. The van der Waals surface area contributed by atoms with Crippen LogP contribution in [0.4, 0.5) is 0 Å². The molecule has 0 radical (unpaired) electrons. The number of likely N-dealkylation sites (tertiary alicyclic amines) is 1.